The monoisotopic (exact) mass is 225 g/mol. The van der Waals surface area contributed by atoms with E-state index in [1.54, 1.807) is 4.90 Å². The van der Waals surface area contributed by atoms with Crippen LogP contribution in [0.15, 0.2) is 0 Å². The van der Waals surface area contributed by atoms with Crippen molar-refractivity contribution < 1.29 is 19.4 Å². The number of hydrogen-bond donors (Lipinski definition) is 1. The lowest BCUT2D eigenvalue weighted by Crippen LogP contribution is -2.43. The Hall–Kier alpha value is -1.26. The first-order valence-corrected chi connectivity index (χ1v) is 5.88. The van der Waals surface area contributed by atoms with Crippen LogP contribution in [0.1, 0.15) is 32.1 Å². The summed E-state index contributed by atoms with van der Waals surface area (Å²) in [5, 5.41) is 9.02. The molecule has 5 nitrogen and oxygen atoms in total. The van der Waals surface area contributed by atoms with Crippen molar-refractivity contribution in [3.8, 4) is 0 Å². The van der Waals surface area contributed by atoms with Crippen molar-refractivity contribution in [3.63, 3.8) is 0 Å². The minimum absolute atomic E-state index is 0.00912. The van der Waals surface area contributed by atoms with Gasteiger partial charge in [-0.15, -0.1) is 0 Å². The number of carboxylic acid groups (broad SMARTS) is 1. The summed E-state index contributed by atoms with van der Waals surface area (Å²) in [4.78, 5) is 24.4. The van der Waals surface area contributed by atoms with Gasteiger partial charge < -0.3 is 9.84 Å². The molecule has 0 radical (unpaired) electrons. The van der Waals surface area contributed by atoms with Crippen LogP contribution in [0.5, 0.6) is 0 Å². The van der Waals surface area contributed by atoms with Crippen LogP contribution < -0.4 is 0 Å². The third-order valence-corrected chi connectivity index (χ3v) is 3.86. The van der Waals surface area contributed by atoms with Crippen molar-refractivity contribution in [2.24, 2.45) is 5.92 Å². The van der Waals surface area contributed by atoms with Crippen LogP contribution in [0.25, 0.3) is 0 Å². The average molecular weight is 225 g/mol. The van der Waals surface area contributed by atoms with Crippen molar-refractivity contribution in [1.29, 1.82) is 0 Å². The predicted octanol–water partition coefficient (Wildman–Crippen LogP) is 1.22. The van der Waals surface area contributed by atoms with E-state index in [0.29, 0.717) is 25.3 Å². The summed E-state index contributed by atoms with van der Waals surface area (Å²) in [5.74, 6) is -1.05. The molecule has 0 aromatic rings. The van der Waals surface area contributed by atoms with E-state index >= 15 is 0 Å². The highest BCUT2D eigenvalue weighted by atomic mass is 16.6. The van der Waals surface area contributed by atoms with Gasteiger partial charge in [0.05, 0.1) is 12.0 Å². The minimum atomic E-state index is -0.742. The highest BCUT2D eigenvalue weighted by Gasteiger charge is 2.51. The Morgan fingerprint density at radius 1 is 1.31 bits per heavy atom. The van der Waals surface area contributed by atoms with E-state index in [9.17, 15) is 9.59 Å². The molecule has 3 aliphatic rings. The van der Waals surface area contributed by atoms with Gasteiger partial charge in [0.15, 0.2) is 0 Å². The van der Waals surface area contributed by atoms with E-state index < -0.39 is 5.97 Å². The molecule has 3 rings (SSSR count). The van der Waals surface area contributed by atoms with Crippen molar-refractivity contribution in [2.75, 3.05) is 0 Å². The summed E-state index contributed by atoms with van der Waals surface area (Å²) >= 11 is 0. The predicted molar refractivity (Wildman–Crippen MR) is 53.9 cm³/mol. The highest BCUT2D eigenvalue weighted by molar-refractivity contribution is 5.73. The van der Waals surface area contributed by atoms with E-state index in [4.69, 9.17) is 9.84 Å². The number of aliphatic carboxylic acids is 1. The molecule has 1 aliphatic heterocycles. The fourth-order valence-electron chi connectivity index (χ4n) is 2.87. The first-order chi connectivity index (χ1) is 7.66. The smallest absolute Gasteiger partial charge is 0.410 e. The zero-order chi connectivity index (χ0) is 11.3. The lowest BCUT2D eigenvalue weighted by molar-refractivity contribution is -0.143. The van der Waals surface area contributed by atoms with Crippen molar-refractivity contribution in [3.05, 3.63) is 0 Å². The molecule has 0 aromatic heterocycles. The van der Waals surface area contributed by atoms with Crippen LogP contribution in [-0.4, -0.2) is 40.3 Å². The average Bonchev–Trinajstić information content (AvgIpc) is 3.00. The molecule has 3 atom stereocenters. The number of rotatable bonds is 2. The summed E-state index contributed by atoms with van der Waals surface area (Å²) in [6.07, 6.45) is 3.65. The van der Waals surface area contributed by atoms with Gasteiger partial charge in [0, 0.05) is 6.04 Å². The van der Waals surface area contributed by atoms with Crippen LogP contribution in [0, 0.1) is 5.92 Å². The maximum atomic E-state index is 11.7. The van der Waals surface area contributed by atoms with E-state index in [2.05, 4.69) is 0 Å². The number of carbonyl (C=O) groups is 2. The van der Waals surface area contributed by atoms with Gasteiger partial charge >= 0.3 is 12.1 Å². The van der Waals surface area contributed by atoms with Crippen molar-refractivity contribution >= 4 is 12.1 Å². The fraction of sp³-hybridized carbons (Fsp3) is 0.818. The summed E-state index contributed by atoms with van der Waals surface area (Å²) in [5.41, 5.74) is 0. The van der Waals surface area contributed by atoms with Crippen LogP contribution in [0.2, 0.25) is 0 Å². The molecular formula is C11H15NO4. The normalized spacial score (nSPS) is 38.1. The second-order valence-electron chi connectivity index (χ2n) is 4.98. The van der Waals surface area contributed by atoms with Gasteiger partial charge in [-0.25, -0.2) is 4.79 Å². The third-order valence-electron chi connectivity index (χ3n) is 3.86. The lowest BCUT2D eigenvalue weighted by Gasteiger charge is -2.31. The Labute approximate surface area is 93.4 Å². The molecule has 0 spiro atoms. The van der Waals surface area contributed by atoms with Crippen LogP contribution in [0.3, 0.4) is 0 Å². The molecule has 16 heavy (non-hydrogen) atoms. The SMILES string of the molecule is O=C(O)C1CCC2OC(=O)N(C3CC3)C2C1. The molecule has 2 aliphatic carbocycles. The number of carbonyl (C=O) groups excluding carboxylic acids is 1. The second kappa shape index (κ2) is 3.37. The van der Waals surface area contributed by atoms with Crippen molar-refractivity contribution in [1.82, 2.24) is 4.90 Å². The number of ether oxygens (including phenoxy) is 1. The molecule has 2 saturated carbocycles. The van der Waals surface area contributed by atoms with Gasteiger partial charge in [0.25, 0.3) is 0 Å². The molecule has 1 amide bonds. The Balaban J connectivity index is 1.77. The maximum Gasteiger partial charge on any atom is 0.410 e. The molecule has 0 bridgehead atoms. The molecule has 88 valence electrons. The summed E-state index contributed by atoms with van der Waals surface area (Å²) in [6.45, 7) is 0. The first-order valence-electron chi connectivity index (χ1n) is 5.88. The van der Waals surface area contributed by atoms with Crippen LogP contribution in [0.4, 0.5) is 4.79 Å². The van der Waals surface area contributed by atoms with Gasteiger partial charge in [-0.05, 0) is 32.1 Å². The van der Waals surface area contributed by atoms with E-state index in [1.807, 2.05) is 0 Å². The van der Waals surface area contributed by atoms with Crippen molar-refractivity contribution in [2.45, 2.75) is 50.3 Å². The Morgan fingerprint density at radius 3 is 2.69 bits per heavy atom. The molecule has 3 unspecified atom stereocenters. The fourth-order valence-corrected chi connectivity index (χ4v) is 2.87. The zero-order valence-electron chi connectivity index (χ0n) is 8.96. The molecule has 1 N–H and O–H groups in total. The molecule has 1 saturated heterocycles. The quantitative estimate of drug-likeness (QED) is 0.767. The second-order valence-corrected chi connectivity index (χ2v) is 4.98. The van der Waals surface area contributed by atoms with E-state index in [1.165, 1.54) is 0 Å². The number of fused-ring (bicyclic) bond motifs is 1. The molecule has 3 fully saturated rings. The molecular weight excluding hydrogens is 210 g/mol. The number of hydrogen-bond acceptors (Lipinski definition) is 3. The first kappa shape index (κ1) is 9.93. The number of nitrogens with zero attached hydrogens (tertiary/aromatic N) is 1. The summed E-state index contributed by atoms with van der Waals surface area (Å²) in [6, 6.07) is 0.324. The van der Waals surface area contributed by atoms with E-state index in [0.717, 1.165) is 12.8 Å². The number of carboxylic acids is 1. The largest absolute Gasteiger partial charge is 0.481 e. The van der Waals surface area contributed by atoms with Gasteiger partial charge in [-0.1, -0.05) is 0 Å². The minimum Gasteiger partial charge on any atom is -0.481 e. The topological polar surface area (TPSA) is 66.8 Å². The Kier molecular flexibility index (Phi) is 2.09. The van der Waals surface area contributed by atoms with Gasteiger partial charge in [-0.3, -0.25) is 9.69 Å². The van der Waals surface area contributed by atoms with Crippen LogP contribution >= 0.6 is 0 Å². The third kappa shape index (κ3) is 1.45. The van der Waals surface area contributed by atoms with Gasteiger partial charge in [0.1, 0.15) is 6.10 Å². The Morgan fingerprint density at radius 2 is 2.06 bits per heavy atom. The Bertz CT molecular complexity index is 339. The van der Waals surface area contributed by atoms with E-state index in [-0.39, 0.29) is 24.2 Å². The van der Waals surface area contributed by atoms with Gasteiger partial charge in [0.2, 0.25) is 0 Å². The number of amides is 1. The van der Waals surface area contributed by atoms with Crippen LogP contribution in [-0.2, 0) is 9.53 Å². The molecule has 5 heteroatoms. The highest BCUT2D eigenvalue weighted by Crippen LogP contribution is 2.41. The standard InChI is InChI=1S/C11H15NO4/c13-10(14)6-1-4-9-8(5-6)12(7-2-3-7)11(15)16-9/h6-9H,1-5H2,(H,13,14). The molecule has 0 aromatic carbocycles. The summed E-state index contributed by atoms with van der Waals surface area (Å²) < 4.78 is 5.30. The van der Waals surface area contributed by atoms with Gasteiger partial charge in [-0.2, -0.15) is 0 Å². The summed E-state index contributed by atoms with van der Waals surface area (Å²) in [7, 11) is 0. The zero-order valence-corrected chi connectivity index (χ0v) is 8.96. The maximum absolute atomic E-state index is 11.7. The molecule has 1 heterocycles. The lowest BCUT2D eigenvalue weighted by atomic mass is 9.83.